The zero-order chi connectivity index (χ0) is 20.8. The number of hydrogen-bond acceptors (Lipinski definition) is 2. The predicted octanol–water partition coefficient (Wildman–Crippen LogP) is 5.51. The monoisotopic (exact) mass is 494 g/mol. The van der Waals surface area contributed by atoms with E-state index < -0.39 is 7.26 Å². The minimum atomic E-state index is -2.35. The van der Waals surface area contributed by atoms with Crippen molar-refractivity contribution in [1.29, 1.82) is 0 Å². The van der Waals surface area contributed by atoms with Crippen LogP contribution in [0.15, 0.2) is 109 Å². The van der Waals surface area contributed by atoms with Crippen LogP contribution in [0.5, 0.6) is 11.5 Å². The molecule has 0 heterocycles. The SMILES string of the molecule is Br.COc1cc(C[PH](c2ccccc2)(c2ccccc2)c2ccccc2)cc(OC)c1. The summed E-state index contributed by atoms with van der Waals surface area (Å²) in [7, 11) is 1.06. The van der Waals surface area contributed by atoms with Crippen molar-refractivity contribution < 1.29 is 9.47 Å². The number of methoxy groups -OCH3 is 2. The zero-order valence-electron chi connectivity index (χ0n) is 17.8. The van der Waals surface area contributed by atoms with E-state index >= 15 is 0 Å². The molecule has 0 aliphatic carbocycles. The van der Waals surface area contributed by atoms with Crippen molar-refractivity contribution in [3.05, 3.63) is 115 Å². The fraction of sp³-hybridized carbons (Fsp3) is 0.111. The van der Waals surface area contributed by atoms with E-state index in [1.807, 2.05) is 6.07 Å². The molecule has 4 aromatic carbocycles. The fourth-order valence-corrected chi connectivity index (χ4v) is 8.96. The number of halogens is 1. The number of ether oxygens (including phenoxy) is 2. The van der Waals surface area contributed by atoms with E-state index in [0.29, 0.717) is 0 Å². The molecule has 0 bridgehead atoms. The average Bonchev–Trinajstić information content (AvgIpc) is 2.84. The van der Waals surface area contributed by atoms with E-state index in [2.05, 4.69) is 103 Å². The predicted molar refractivity (Wildman–Crippen MR) is 140 cm³/mol. The van der Waals surface area contributed by atoms with Gasteiger partial charge in [-0.1, -0.05) is 0 Å². The van der Waals surface area contributed by atoms with E-state index in [4.69, 9.17) is 9.47 Å². The van der Waals surface area contributed by atoms with E-state index in [-0.39, 0.29) is 17.0 Å². The van der Waals surface area contributed by atoms with Gasteiger partial charge >= 0.3 is 179 Å². The van der Waals surface area contributed by atoms with Crippen molar-refractivity contribution in [2.45, 2.75) is 6.16 Å². The Bertz CT molecular complexity index is 967. The molecule has 0 spiro atoms. The van der Waals surface area contributed by atoms with Crippen LogP contribution in [0.2, 0.25) is 0 Å². The van der Waals surface area contributed by atoms with E-state index in [0.717, 1.165) is 17.7 Å². The summed E-state index contributed by atoms with van der Waals surface area (Å²) in [5.74, 6) is 1.64. The van der Waals surface area contributed by atoms with Gasteiger partial charge in [0, 0.05) is 0 Å². The Balaban J connectivity index is 0.00000272. The summed E-state index contributed by atoms with van der Waals surface area (Å²) in [6, 6.07) is 39.1. The topological polar surface area (TPSA) is 18.5 Å². The molecule has 0 saturated heterocycles. The fourth-order valence-electron chi connectivity index (χ4n) is 4.25. The van der Waals surface area contributed by atoms with Gasteiger partial charge in [-0.25, -0.2) is 0 Å². The molecular formula is C27H28BrO2P. The molecular weight excluding hydrogens is 467 g/mol. The summed E-state index contributed by atoms with van der Waals surface area (Å²) in [4.78, 5) is 0. The van der Waals surface area contributed by atoms with Crippen molar-refractivity contribution in [3.8, 4) is 11.5 Å². The van der Waals surface area contributed by atoms with Crippen LogP contribution in [0, 0.1) is 0 Å². The second-order valence-electron chi connectivity index (χ2n) is 7.40. The summed E-state index contributed by atoms with van der Waals surface area (Å²) in [5, 5.41) is 4.18. The number of rotatable bonds is 7. The molecule has 0 aliphatic heterocycles. The van der Waals surface area contributed by atoms with Gasteiger partial charge in [-0.3, -0.25) is 0 Å². The normalized spacial score (nSPS) is 11.3. The van der Waals surface area contributed by atoms with Crippen LogP contribution in [0.3, 0.4) is 0 Å². The van der Waals surface area contributed by atoms with Crippen molar-refractivity contribution in [1.82, 2.24) is 0 Å². The Morgan fingerprint density at radius 1 is 0.548 bits per heavy atom. The van der Waals surface area contributed by atoms with Gasteiger partial charge < -0.3 is 0 Å². The van der Waals surface area contributed by atoms with Gasteiger partial charge in [-0.15, -0.1) is 17.0 Å². The van der Waals surface area contributed by atoms with Crippen molar-refractivity contribution in [2.75, 3.05) is 14.2 Å². The molecule has 0 fully saturated rings. The van der Waals surface area contributed by atoms with Crippen molar-refractivity contribution >= 4 is 40.2 Å². The average molecular weight is 495 g/mol. The second kappa shape index (κ2) is 10.6. The Morgan fingerprint density at radius 3 is 1.23 bits per heavy atom. The molecule has 0 atom stereocenters. The summed E-state index contributed by atoms with van der Waals surface area (Å²) in [6.07, 6.45) is 0.915. The van der Waals surface area contributed by atoms with Crippen LogP contribution in [0.1, 0.15) is 5.56 Å². The van der Waals surface area contributed by atoms with Crippen LogP contribution < -0.4 is 25.4 Å². The molecule has 4 rings (SSSR count). The van der Waals surface area contributed by atoms with Crippen LogP contribution >= 0.6 is 24.2 Å². The molecule has 4 heteroatoms. The van der Waals surface area contributed by atoms with Gasteiger partial charge in [-0.05, 0) is 0 Å². The maximum absolute atomic E-state index is 5.56. The first kappa shape index (κ1) is 23.1. The van der Waals surface area contributed by atoms with Gasteiger partial charge in [0.25, 0.3) is 0 Å². The Hall–Kier alpha value is -2.61. The molecule has 0 radical (unpaired) electrons. The maximum atomic E-state index is 5.56. The van der Waals surface area contributed by atoms with Crippen LogP contribution in [0.4, 0.5) is 0 Å². The third-order valence-corrected chi connectivity index (χ3v) is 10.6. The molecule has 4 aromatic rings. The standard InChI is InChI=1S/C27H27O2P.BrH/c1-28-23-18-22(19-24(20-23)29-2)21-30(25-12-6-3-7-13-25,26-14-8-4-9-15-26)27-16-10-5-11-17-27;/h3-20,30H,21H2,1-2H3;1H. The molecule has 31 heavy (non-hydrogen) atoms. The van der Waals surface area contributed by atoms with Crippen LogP contribution in [0.25, 0.3) is 0 Å². The van der Waals surface area contributed by atoms with Crippen molar-refractivity contribution in [3.63, 3.8) is 0 Å². The molecule has 0 amide bonds. The molecule has 0 unspecified atom stereocenters. The third kappa shape index (κ3) is 4.84. The van der Waals surface area contributed by atoms with Crippen molar-refractivity contribution in [2.24, 2.45) is 0 Å². The number of hydrogen-bond donors (Lipinski definition) is 0. The van der Waals surface area contributed by atoms with Gasteiger partial charge in [0.1, 0.15) is 0 Å². The Kier molecular flexibility index (Phi) is 7.90. The minimum absolute atomic E-state index is 0. The summed E-state index contributed by atoms with van der Waals surface area (Å²) < 4.78 is 11.1. The van der Waals surface area contributed by atoms with Gasteiger partial charge in [0.05, 0.1) is 0 Å². The first-order valence-electron chi connectivity index (χ1n) is 10.1. The van der Waals surface area contributed by atoms with E-state index in [1.54, 1.807) is 14.2 Å². The third-order valence-electron chi connectivity index (χ3n) is 5.68. The molecule has 0 saturated carbocycles. The molecule has 0 aromatic heterocycles. The van der Waals surface area contributed by atoms with Gasteiger partial charge in [-0.2, -0.15) is 0 Å². The summed E-state index contributed by atoms with van der Waals surface area (Å²) >= 11 is 0. The summed E-state index contributed by atoms with van der Waals surface area (Å²) in [6.45, 7) is 0. The van der Waals surface area contributed by atoms with Crippen LogP contribution in [-0.4, -0.2) is 14.2 Å². The van der Waals surface area contributed by atoms with Crippen LogP contribution in [-0.2, 0) is 6.16 Å². The molecule has 2 nitrogen and oxygen atoms in total. The van der Waals surface area contributed by atoms with Gasteiger partial charge in [0.15, 0.2) is 0 Å². The molecule has 0 N–H and O–H groups in total. The molecule has 0 aliphatic rings. The zero-order valence-corrected chi connectivity index (χ0v) is 20.5. The van der Waals surface area contributed by atoms with Gasteiger partial charge in [0.2, 0.25) is 0 Å². The summed E-state index contributed by atoms with van der Waals surface area (Å²) in [5.41, 5.74) is 1.22. The second-order valence-corrected chi connectivity index (χ2v) is 11.3. The quantitative estimate of drug-likeness (QED) is 0.315. The molecule has 160 valence electrons. The first-order chi connectivity index (χ1) is 14.8. The number of benzene rings is 4. The van der Waals surface area contributed by atoms with E-state index in [9.17, 15) is 0 Å². The van der Waals surface area contributed by atoms with E-state index in [1.165, 1.54) is 21.5 Å². The Labute approximate surface area is 196 Å². The first-order valence-corrected chi connectivity index (χ1v) is 12.4. The Morgan fingerprint density at radius 2 is 0.903 bits per heavy atom.